The van der Waals surface area contributed by atoms with E-state index in [9.17, 15) is 0 Å². The van der Waals surface area contributed by atoms with Gasteiger partial charge in [-0.15, -0.1) is 24.0 Å². The zero-order valence-corrected chi connectivity index (χ0v) is 19.7. The third-order valence-corrected chi connectivity index (χ3v) is 5.09. The van der Waals surface area contributed by atoms with Crippen LogP contribution >= 0.6 is 24.0 Å². The Morgan fingerprint density at radius 1 is 1.03 bits per heavy atom. The van der Waals surface area contributed by atoms with Gasteiger partial charge >= 0.3 is 0 Å². The first kappa shape index (κ1) is 22.5. The predicted molar refractivity (Wildman–Crippen MR) is 129 cm³/mol. The summed E-state index contributed by atoms with van der Waals surface area (Å²) in [7, 11) is 1.78. The van der Waals surface area contributed by atoms with Crippen LogP contribution < -0.4 is 24.8 Å². The second kappa shape index (κ2) is 11.3. The van der Waals surface area contributed by atoms with Crippen molar-refractivity contribution in [2.45, 2.75) is 32.4 Å². The summed E-state index contributed by atoms with van der Waals surface area (Å²) in [5.74, 6) is 4.06. The average Bonchev–Trinajstić information content (AvgIpc) is 3.60. The first-order valence-corrected chi connectivity index (χ1v) is 10.4. The topological polar surface area (TPSA) is 64.1 Å². The Bertz CT molecular complexity index is 855. The molecule has 4 rings (SSSR count). The molecule has 0 bridgehead atoms. The molecule has 0 radical (unpaired) electrons. The van der Waals surface area contributed by atoms with Crippen LogP contribution in [0, 0.1) is 5.92 Å². The molecule has 2 aromatic rings. The summed E-state index contributed by atoms with van der Waals surface area (Å²) in [4.78, 5) is 4.33. The van der Waals surface area contributed by atoms with Gasteiger partial charge < -0.3 is 24.8 Å². The van der Waals surface area contributed by atoms with Crippen molar-refractivity contribution in [3.05, 3.63) is 53.6 Å². The van der Waals surface area contributed by atoms with Gasteiger partial charge in [0.1, 0.15) is 5.75 Å². The van der Waals surface area contributed by atoms with E-state index in [1.165, 1.54) is 12.8 Å². The van der Waals surface area contributed by atoms with Gasteiger partial charge in [-0.25, -0.2) is 0 Å². The van der Waals surface area contributed by atoms with Gasteiger partial charge in [0.2, 0.25) is 0 Å². The van der Waals surface area contributed by atoms with E-state index >= 15 is 0 Å². The fraction of sp³-hybridized carbons (Fsp3) is 0.435. The minimum Gasteiger partial charge on any atom is -0.493 e. The molecule has 1 aliphatic carbocycles. The number of ether oxygens (including phenoxy) is 3. The van der Waals surface area contributed by atoms with Crippen LogP contribution in [0.1, 0.15) is 30.4 Å². The Morgan fingerprint density at radius 3 is 2.60 bits per heavy atom. The quantitative estimate of drug-likeness (QED) is 0.325. The number of guanidine groups is 1. The fourth-order valence-electron chi connectivity index (χ4n) is 3.19. The minimum atomic E-state index is 0. The molecule has 0 atom stereocenters. The second-order valence-electron chi connectivity index (χ2n) is 7.47. The van der Waals surface area contributed by atoms with Gasteiger partial charge in [0.15, 0.2) is 17.5 Å². The summed E-state index contributed by atoms with van der Waals surface area (Å²) < 4.78 is 17.5. The molecular formula is C23H30IN3O3. The Morgan fingerprint density at radius 2 is 1.80 bits per heavy atom. The number of fused-ring (bicyclic) bond motifs is 1. The molecule has 1 aliphatic heterocycles. The number of halogens is 1. The smallest absolute Gasteiger partial charge is 0.191 e. The molecule has 162 valence electrons. The molecule has 30 heavy (non-hydrogen) atoms. The lowest BCUT2D eigenvalue weighted by atomic mass is 10.2. The Balaban J connectivity index is 0.00000256. The maximum atomic E-state index is 5.99. The lowest BCUT2D eigenvalue weighted by molar-refractivity contribution is 0.296. The van der Waals surface area contributed by atoms with E-state index in [1.807, 2.05) is 30.3 Å². The van der Waals surface area contributed by atoms with Crippen LogP contribution in [-0.4, -0.2) is 32.8 Å². The summed E-state index contributed by atoms with van der Waals surface area (Å²) in [5.41, 5.74) is 2.25. The molecule has 0 amide bonds. The van der Waals surface area contributed by atoms with Crippen LogP contribution in [-0.2, 0) is 13.1 Å². The maximum Gasteiger partial charge on any atom is 0.191 e. The van der Waals surface area contributed by atoms with Crippen LogP contribution in [0.5, 0.6) is 17.2 Å². The van der Waals surface area contributed by atoms with E-state index in [2.05, 4.69) is 27.8 Å². The van der Waals surface area contributed by atoms with E-state index in [-0.39, 0.29) is 24.0 Å². The molecule has 1 saturated carbocycles. The molecule has 0 saturated heterocycles. The van der Waals surface area contributed by atoms with E-state index in [1.54, 1.807) is 7.05 Å². The average molecular weight is 523 g/mol. The molecule has 2 N–H and O–H groups in total. The molecule has 0 aromatic heterocycles. The summed E-state index contributed by atoms with van der Waals surface area (Å²) in [6, 6.07) is 14.2. The van der Waals surface area contributed by atoms with Crippen molar-refractivity contribution in [1.29, 1.82) is 0 Å². The van der Waals surface area contributed by atoms with E-state index in [4.69, 9.17) is 14.2 Å². The summed E-state index contributed by atoms with van der Waals surface area (Å²) in [6.45, 7) is 3.51. The highest BCUT2D eigenvalue weighted by Crippen LogP contribution is 2.31. The van der Waals surface area contributed by atoms with Crippen molar-refractivity contribution < 1.29 is 14.2 Å². The van der Waals surface area contributed by atoms with E-state index < -0.39 is 0 Å². The number of para-hydroxylation sites is 1. The SMILES string of the molecule is CN=C(NCc1ccc2c(c1)OCCCO2)NCc1ccccc1OCC1CC1.I. The van der Waals surface area contributed by atoms with Crippen molar-refractivity contribution in [2.75, 3.05) is 26.9 Å². The Labute approximate surface area is 195 Å². The minimum absolute atomic E-state index is 0. The number of rotatable bonds is 7. The highest BCUT2D eigenvalue weighted by Gasteiger charge is 2.22. The normalized spacial score (nSPS) is 15.6. The molecule has 0 unspecified atom stereocenters. The van der Waals surface area contributed by atoms with Crippen molar-refractivity contribution in [3.8, 4) is 17.2 Å². The van der Waals surface area contributed by atoms with Crippen LogP contribution in [0.3, 0.4) is 0 Å². The van der Waals surface area contributed by atoms with Gasteiger partial charge in [-0.3, -0.25) is 4.99 Å². The monoisotopic (exact) mass is 523 g/mol. The zero-order chi connectivity index (χ0) is 19.9. The number of aliphatic imine (C=N–C) groups is 1. The number of benzene rings is 2. The van der Waals surface area contributed by atoms with Crippen molar-refractivity contribution in [1.82, 2.24) is 10.6 Å². The van der Waals surface area contributed by atoms with Crippen molar-refractivity contribution >= 4 is 29.9 Å². The lowest BCUT2D eigenvalue weighted by Crippen LogP contribution is -2.36. The third kappa shape index (κ3) is 6.42. The molecular weight excluding hydrogens is 493 g/mol. The second-order valence-corrected chi connectivity index (χ2v) is 7.47. The standard InChI is InChI=1S/C23H29N3O3.HI/c1-24-23(25-14-18-9-10-21-22(13-18)28-12-4-11-27-21)26-15-19-5-2-3-6-20(19)29-16-17-7-8-17;/h2-3,5-6,9-10,13,17H,4,7-8,11-12,14-16H2,1H3,(H2,24,25,26);1H. The van der Waals surface area contributed by atoms with Crippen LogP contribution in [0.15, 0.2) is 47.5 Å². The Kier molecular flexibility index (Phi) is 8.48. The van der Waals surface area contributed by atoms with Crippen molar-refractivity contribution in [2.24, 2.45) is 10.9 Å². The number of hydrogen-bond acceptors (Lipinski definition) is 4. The largest absolute Gasteiger partial charge is 0.493 e. The highest BCUT2D eigenvalue weighted by molar-refractivity contribution is 14.0. The molecule has 7 heteroatoms. The molecule has 0 spiro atoms. The van der Waals surface area contributed by atoms with E-state index in [0.717, 1.165) is 53.3 Å². The van der Waals surface area contributed by atoms with Crippen LogP contribution in [0.2, 0.25) is 0 Å². The first-order chi connectivity index (χ1) is 14.3. The molecule has 2 aromatic carbocycles. The highest BCUT2D eigenvalue weighted by atomic mass is 127. The number of hydrogen-bond donors (Lipinski definition) is 2. The van der Waals surface area contributed by atoms with E-state index in [0.29, 0.717) is 26.3 Å². The van der Waals surface area contributed by atoms with Crippen LogP contribution in [0.25, 0.3) is 0 Å². The number of nitrogens with zero attached hydrogens (tertiary/aromatic N) is 1. The van der Waals surface area contributed by atoms with Crippen molar-refractivity contribution in [3.63, 3.8) is 0 Å². The Hall–Kier alpha value is -2.16. The maximum absolute atomic E-state index is 5.99. The van der Waals surface area contributed by atoms with Gasteiger partial charge in [0.25, 0.3) is 0 Å². The van der Waals surface area contributed by atoms with Gasteiger partial charge in [-0.2, -0.15) is 0 Å². The molecule has 1 fully saturated rings. The first-order valence-electron chi connectivity index (χ1n) is 10.4. The summed E-state index contributed by atoms with van der Waals surface area (Å²) >= 11 is 0. The van der Waals surface area contributed by atoms with Crippen LogP contribution in [0.4, 0.5) is 0 Å². The number of nitrogens with one attached hydrogen (secondary N) is 2. The summed E-state index contributed by atoms with van der Waals surface area (Å²) in [6.07, 6.45) is 3.48. The van der Waals surface area contributed by atoms with Gasteiger partial charge in [-0.05, 0) is 42.5 Å². The molecule has 1 heterocycles. The molecule has 2 aliphatic rings. The summed E-state index contributed by atoms with van der Waals surface area (Å²) in [5, 5.41) is 6.73. The van der Waals surface area contributed by atoms with Gasteiger partial charge in [0, 0.05) is 32.1 Å². The predicted octanol–water partition coefficient (Wildman–Crippen LogP) is 4.12. The van der Waals surface area contributed by atoms with Gasteiger partial charge in [0.05, 0.1) is 19.8 Å². The lowest BCUT2D eigenvalue weighted by Gasteiger charge is -2.15. The molecule has 6 nitrogen and oxygen atoms in total. The fourth-order valence-corrected chi connectivity index (χ4v) is 3.19. The zero-order valence-electron chi connectivity index (χ0n) is 17.4. The van der Waals surface area contributed by atoms with Gasteiger partial charge in [-0.1, -0.05) is 24.3 Å². The third-order valence-electron chi connectivity index (χ3n) is 5.09.